The van der Waals surface area contributed by atoms with Gasteiger partial charge in [-0.05, 0) is 50.5 Å². The van der Waals surface area contributed by atoms with Gasteiger partial charge in [-0.2, -0.15) is 5.10 Å². The number of hydrogen-bond acceptors (Lipinski definition) is 7. The molecular weight excluding hydrogens is 553 g/mol. The normalized spacial score (nSPS) is 11.0. The summed E-state index contributed by atoms with van der Waals surface area (Å²) in [6.07, 6.45) is 1.41. The number of ether oxygens (including phenoxy) is 1. The highest BCUT2D eigenvalue weighted by Crippen LogP contribution is 2.33. The van der Waals surface area contributed by atoms with Crippen molar-refractivity contribution in [2.75, 3.05) is 5.73 Å². The number of halogens is 4. The van der Waals surface area contributed by atoms with Gasteiger partial charge in [-0.25, -0.2) is 10.1 Å². The first-order chi connectivity index (χ1) is 13.8. The summed E-state index contributed by atoms with van der Waals surface area (Å²) in [5.74, 6) is -0.295. The summed E-state index contributed by atoms with van der Waals surface area (Å²) in [4.78, 5) is 12.0. The van der Waals surface area contributed by atoms with Gasteiger partial charge in [0.05, 0.1) is 10.7 Å². The number of amides is 1. The van der Waals surface area contributed by atoms with E-state index >= 15 is 0 Å². The highest BCUT2D eigenvalue weighted by Gasteiger charge is 2.15. The maximum absolute atomic E-state index is 12.0. The molecule has 0 fully saturated rings. The standard InChI is InChI=1S/C17H11Br2Cl2N5O3/c18-10-3-9(6-23-24-17(27)14-16(22)26-29-25-14)15(12(19)4-10)28-7-8-1-2-11(20)5-13(8)21/h1-6H,7H2,(H2,22,26)(H,24,27)/b23-6+. The number of hydrogen-bond donors (Lipinski definition) is 2. The molecule has 0 aliphatic heterocycles. The molecule has 0 aliphatic carbocycles. The summed E-state index contributed by atoms with van der Waals surface area (Å²) < 4.78 is 11.8. The Labute approximate surface area is 191 Å². The first kappa shape index (κ1) is 21.6. The number of hydrazone groups is 1. The van der Waals surface area contributed by atoms with Crippen LogP contribution in [0.5, 0.6) is 5.75 Å². The molecular formula is C17H11Br2Cl2N5O3. The predicted molar refractivity (Wildman–Crippen MR) is 116 cm³/mol. The SMILES string of the molecule is Nc1nonc1C(=O)N/N=C/c1cc(Br)cc(Br)c1OCc1ccc(Cl)cc1Cl. The number of benzene rings is 2. The second-order valence-electron chi connectivity index (χ2n) is 5.53. The highest BCUT2D eigenvalue weighted by molar-refractivity contribution is 9.11. The zero-order valence-corrected chi connectivity index (χ0v) is 19.0. The molecule has 29 heavy (non-hydrogen) atoms. The van der Waals surface area contributed by atoms with Crippen molar-refractivity contribution < 1.29 is 14.2 Å². The molecule has 1 amide bonds. The number of aromatic nitrogens is 2. The molecule has 0 spiro atoms. The smallest absolute Gasteiger partial charge is 0.297 e. The zero-order valence-electron chi connectivity index (χ0n) is 14.3. The molecule has 0 atom stereocenters. The van der Waals surface area contributed by atoms with Crippen molar-refractivity contribution in [3.63, 3.8) is 0 Å². The Morgan fingerprint density at radius 3 is 2.76 bits per heavy atom. The van der Waals surface area contributed by atoms with E-state index in [-0.39, 0.29) is 18.1 Å². The van der Waals surface area contributed by atoms with Crippen LogP contribution >= 0.6 is 55.1 Å². The van der Waals surface area contributed by atoms with Gasteiger partial charge in [-0.15, -0.1) is 0 Å². The van der Waals surface area contributed by atoms with Crippen molar-refractivity contribution in [3.8, 4) is 5.75 Å². The third-order valence-corrected chi connectivity index (χ3v) is 5.16. The van der Waals surface area contributed by atoms with Crippen LogP contribution in [-0.2, 0) is 6.61 Å². The fourth-order valence-corrected chi connectivity index (χ4v) is 4.02. The summed E-state index contributed by atoms with van der Waals surface area (Å²) in [7, 11) is 0. The Hall–Kier alpha value is -2.14. The fourth-order valence-electron chi connectivity index (χ4n) is 2.18. The van der Waals surface area contributed by atoms with Crippen LogP contribution in [0.25, 0.3) is 0 Å². The molecule has 1 aromatic heterocycles. The molecule has 1 heterocycles. The zero-order chi connectivity index (χ0) is 21.0. The molecule has 2 aromatic carbocycles. The Bertz CT molecular complexity index is 1090. The molecule has 0 saturated carbocycles. The van der Waals surface area contributed by atoms with Crippen LogP contribution in [0.4, 0.5) is 5.82 Å². The number of carbonyl (C=O) groups excluding carboxylic acids is 1. The van der Waals surface area contributed by atoms with E-state index in [0.717, 1.165) is 10.0 Å². The number of anilines is 1. The summed E-state index contributed by atoms with van der Waals surface area (Å²) in [6, 6.07) is 8.73. The van der Waals surface area contributed by atoms with Crippen LogP contribution < -0.4 is 15.9 Å². The van der Waals surface area contributed by atoms with Gasteiger partial charge < -0.3 is 10.5 Å². The van der Waals surface area contributed by atoms with Gasteiger partial charge in [0.2, 0.25) is 11.5 Å². The highest BCUT2D eigenvalue weighted by atomic mass is 79.9. The quantitative estimate of drug-likeness (QED) is 0.328. The van der Waals surface area contributed by atoms with E-state index in [2.05, 4.69) is 57.3 Å². The lowest BCUT2D eigenvalue weighted by Gasteiger charge is -2.13. The van der Waals surface area contributed by atoms with Crippen LogP contribution in [0.1, 0.15) is 21.6 Å². The van der Waals surface area contributed by atoms with Crippen molar-refractivity contribution in [2.45, 2.75) is 6.61 Å². The average molecular weight is 564 g/mol. The van der Waals surface area contributed by atoms with Crippen LogP contribution in [0.15, 0.2) is 49.0 Å². The molecule has 0 saturated heterocycles. The molecule has 0 radical (unpaired) electrons. The van der Waals surface area contributed by atoms with Gasteiger partial charge in [0.15, 0.2) is 0 Å². The maximum atomic E-state index is 12.0. The number of nitrogen functional groups attached to an aromatic ring is 1. The van der Waals surface area contributed by atoms with Gasteiger partial charge in [-0.1, -0.05) is 45.2 Å². The van der Waals surface area contributed by atoms with E-state index in [1.54, 1.807) is 24.3 Å². The summed E-state index contributed by atoms with van der Waals surface area (Å²) in [6.45, 7) is 0.199. The van der Waals surface area contributed by atoms with Crippen LogP contribution in [0, 0.1) is 0 Å². The van der Waals surface area contributed by atoms with Crippen molar-refractivity contribution in [2.24, 2.45) is 5.10 Å². The van der Waals surface area contributed by atoms with Gasteiger partial charge in [-0.3, -0.25) is 4.79 Å². The van der Waals surface area contributed by atoms with Crippen LogP contribution in [0.2, 0.25) is 10.0 Å². The predicted octanol–water partition coefficient (Wildman–Crippen LogP) is 4.83. The van der Waals surface area contributed by atoms with E-state index in [1.807, 2.05) is 6.07 Å². The van der Waals surface area contributed by atoms with E-state index in [1.165, 1.54) is 6.21 Å². The Balaban J connectivity index is 1.77. The van der Waals surface area contributed by atoms with Crippen molar-refractivity contribution in [1.29, 1.82) is 0 Å². The number of rotatable bonds is 6. The largest absolute Gasteiger partial charge is 0.487 e. The van der Waals surface area contributed by atoms with E-state index in [4.69, 9.17) is 33.7 Å². The Morgan fingerprint density at radius 2 is 2.07 bits per heavy atom. The molecule has 3 rings (SSSR count). The Kier molecular flexibility index (Phi) is 7.12. The van der Waals surface area contributed by atoms with Crippen molar-refractivity contribution >= 4 is 73.0 Å². The molecule has 3 N–H and O–H groups in total. The van der Waals surface area contributed by atoms with E-state index < -0.39 is 5.91 Å². The molecule has 0 bridgehead atoms. The summed E-state index contributed by atoms with van der Waals surface area (Å²) in [5.41, 5.74) is 8.95. The summed E-state index contributed by atoms with van der Waals surface area (Å²) in [5, 5.41) is 11.7. The minimum Gasteiger partial charge on any atom is -0.487 e. The third-order valence-electron chi connectivity index (χ3n) is 3.52. The Morgan fingerprint density at radius 1 is 1.28 bits per heavy atom. The minimum atomic E-state index is -0.663. The molecule has 12 heteroatoms. The molecule has 0 unspecified atom stereocenters. The number of carbonyl (C=O) groups is 1. The van der Waals surface area contributed by atoms with Crippen molar-refractivity contribution in [1.82, 2.24) is 15.7 Å². The average Bonchev–Trinajstić information content (AvgIpc) is 3.08. The van der Waals surface area contributed by atoms with E-state index in [9.17, 15) is 4.79 Å². The van der Waals surface area contributed by atoms with Crippen LogP contribution in [0.3, 0.4) is 0 Å². The summed E-state index contributed by atoms with van der Waals surface area (Å²) >= 11 is 19.0. The monoisotopic (exact) mass is 561 g/mol. The van der Waals surface area contributed by atoms with Crippen molar-refractivity contribution in [3.05, 3.63) is 66.1 Å². The maximum Gasteiger partial charge on any atom is 0.297 e. The van der Waals surface area contributed by atoms with Gasteiger partial charge >= 0.3 is 0 Å². The number of nitrogens with two attached hydrogens (primary N) is 1. The van der Waals surface area contributed by atoms with Gasteiger partial charge in [0, 0.05) is 25.6 Å². The van der Waals surface area contributed by atoms with Crippen LogP contribution in [-0.4, -0.2) is 22.4 Å². The lowest BCUT2D eigenvalue weighted by molar-refractivity contribution is 0.0946. The third kappa shape index (κ3) is 5.47. The lowest BCUT2D eigenvalue weighted by Crippen LogP contribution is -2.19. The lowest BCUT2D eigenvalue weighted by atomic mass is 10.2. The second kappa shape index (κ2) is 9.57. The molecule has 150 valence electrons. The second-order valence-corrected chi connectivity index (χ2v) is 8.14. The number of nitrogens with zero attached hydrogens (tertiary/aromatic N) is 3. The fraction of sp³-hybridized carbons (Fsp3) is 0.0588. The molecule has 8 nitrogen and oxygen atoms in total. The minimum absolute atomic E-state index is 0.133. The molecule has 3 aromatic rings. The molecule has 0 aliphatic rings. The number of nitrogens with one attached hydrogen (secondary N) is 1. The topological polar surface area (TPSA) is 116 Å². The first-order valence-corrected chi connectivity index (χ1v) is 10.2. The van der Waals surface area contributed by atoms with E-state index in [0.29, 0.717) is 25.8 Å². The van der Waals surface area contributed by atoms with Gasteiger partial charge in [0.1, 0.15) is 12.4 Å². The first-order valence-electron chi connectivity index (χ1n) is 7.82. The van der Waals surface area contributed by atoms with Gasteiger partial charge in [0.25, 0.3) is 5.91 Å².